The molecule has 3 fully saturated rings. The lowest BCUT2D eigenvalue weighted by Crippen LogP contribution is -2.62. The van der Waals surface area contributed by atoms with Crippen LogP contribution in [0.3, 0.4) is 0 Å². The predicted octanol–water partition coefficient (Wildman–Crippen LogP) is 2.53. The van der Waals surface area contributed by atoms with E-state index >= 15 is 0 Å². The fourth-order valence-electron chi connectivity index (χ4n) is 4.40. The van der Waals surface area contributed by atoms with Crippen LogP contribution in [0.15, 0.2) is 36.4 Å². The average molecular weight is 323 g/mol. The molecule has 1 aromatic heterocycles. The quantitative estimate of drug-likeness (QED) is 0.868. The second-order valence-electron chi connectivity index (χ2n) is 7.56. The Kier molecular flexibility index (Phi) is 3.77. The van der Waals surface area contributed by atoms with Crippen LogP contribution in [0, 0.1) is 5.92 Å². The Balaban J connectivity index is 1.28. The molecule has 0 unspecified atom stereocenters. The smallest absolute Gasteiger partial charge is 0.0705 e. The molecule has 0 spiro atoms. The third-order valence-electron chi connectivity index (χ3n) is 5.85. The SMILES string of the molecule is c1ccc2nc(CN3CCN4[C@@H](COC[C@@H]4C4CC4)C3)ccc2c1. The van der Waals surface area contributed by atoms with Gasteiger partial charge in [0, 0.05) is 43.6 Å². The molecule has 0 N–H and O–H groups in total. The molecule has 0 radical (unpaired) electrons. The van der Waals surface area contributed by atoms with Crippen LogP contribution in [0.5, 0.6) is 0 Å². The lowest BCUT2D eigenvalue weighted by atomic mass is 10.0. The van der Waals surface area contributed by atoms with Gasteiger partial charge in [0.1, 0.15) is 0 Å². The first kappa shape index (κ1) is 14.8. The molecule has 3 aliphatic rings. The fraction of sp³-hybridized carbons (Fsp3) is 0.550. The van der Waals surface area contributed by atoms with Crippen molar-refractivity contribution in [3.8, 4) is 0 Å². The maximum Gasteiger partial charge on any atom is 0.0705 e. The fourth-order valence-corrected chi connectivity index (χ4v) is 4.40. The summed E-state index contributed by atoms with van der Waals surface area (Å²) in [5.41, 5.74) is 2.28. The molecule has 2 atom stereocenters. The molecule has 126 valence electrons. The van der Waals surface area contributed by atoms with Gasteiger partial charge in [0.25, 0.3) is 0 Å². The first-order valence-corrected chi connectivity index (χ1v) is 9.27. The maximum absolute atomic E-state index is 5.93. The zero-order valence-electron chi connectivity index (χ0n) is 14.1. The van der Waals surface area contributed by atoms with Gasteiger partial charge in [0.2, 0.25) is 0 Å². The summed E-state index contributed by atoms with van der Waals surface area (Å²) in [6.07, 6.45) is 2.81. The van der Waals surface area contributed by atoms with Gasteiger partial charge in [0.15, 0.2) is 0 Å². The highest BCUT2D eigenvalue weighted by Crippen LogP contribution is 2.38. The number of hydrogen-bond donors (Lipinski definition) is 0. The molecule has 4 nitrogen and oxygen atoms in total. The van der Waals surface area contributed by atoms with Crippen LogP contribution in [-0.2, 0) is 11.3 Å². The van der Waals surface area contributed by atoms with Crippen molar-refractivity contribution in [2.75, 3.05) is 32.8 Å². The summed E-state index contributed by atoms with van der Waals surface area (Å²) in [4.78, 5) is 10.1. The Bertz CT molecular complexity index is 730. The third-order valence-corrected chi connectivity index (χ3v) is 5.85. The number of pyridine rings is 1. The number of nitrogens with zero attached hydrogens (tertiary/aromatic N) is 3. The number of rotatable bonds is 3. The first-order valence-electron chi connectivity index (χ1n) is 9.27. The summed E-state index contributed by atoms with van der Waals surface area (Å²) < 4.78 is 5.93. The van der Waals surface area contributed by atoms with Gasteiger partial charge >= 0.3 is 0 Å². The molecule has 0 amide bonds. The van der Waals surface area contributed by atoms with Gasteiger partial charge < -0.3 is 4.74 Å². The topological polar surface area (TPSA) is 28.6 Å². The van der Waals surface area contributed by atoms with E-state index in [0.29, 0.717) is 12.1 Å². The molecule has 5 rings (SSSR count). The highest BCUT2D eigenvalue weighted by molar-refractivity contribution is 5.78. The van der Waals surface area contributed by atoms with E-state index < -0.39 is 0 Å². The molecule has 2 aliphatic heterocycles. The van der Waals surface area contributed by atoms with Gasteiger partial charge in [-0.1, -0.05) is 24.3 Å². The number of benzene rings is 1. The number of para-hydroxylation sites is 1. The van der Waals surface area contributed by atoms with Gasteiger partial charge in [-0.05, 0) is 30.9 Å². The number of ether oxygens (including phenoxy) is 1. The summed E-state index contributed by atoms with van der Waals surface area (Å²) in [5, 5.41) is 1.22. The van der Waals surface area contributed by atoms with Gasteiger partial charge in [0.05, 0.1) is 24.4 Å². The maximum atomic E-state index is 5.93. The van der Waals surface area contributed by atoms with E-state index in [4.69, 9.17) is 9.72 Å². The van der Waals surface area contributed by atoms with Gasteiger partial charge in [-0.15, -0.1) is 0 Å². The lowest BCUT2D eigenvalue weighted by Gasteiger charge is -2.48. The van der Waals surface area contributed by atoms with Crippen molar-refractivity contribution in [3.05, 3.63) is 42.1 Å². The van der Waals surface area contributed by atoms with Crippen molar-refractivity contribution in [2.24, 2.45) is 5.92 Å². The molecule has 0 bridgehead atoms. The van der Waals surface area contributed by atoms with E-state index in [2.05, 4.69) is 46.2 Å². The van der Waals surface area contributed by atoms with E-state index in [9.17, 15) is 0 Å². The second-order valence-corrected chi connectivity index (χ2v) is 7.56. The van der Waals surface area contributed by atoms with Gasteiger partial charge in [-0.2, -0.15) is 0 Å². The highest BCUT2D eigenvalue weighted by atomic mass is 16.5. The van der Waals surface area contributed by atoms with Crippen LogP contribution >= 0.6 is 0 Å². The van der Waals surface area contributed by atoms with E-state index in [1.807, 2.05) is 0 Å². The largest absolute Gasteiger partial charge is 0.378 e. The number of piperazine rings is 1. The number of morpholine rings is 1. The van der Waals surface area contributed by atoms with Gasteiger partial charge in [-0.25, -0.2) is 0 Å². The van der Waals surface area contributed by atoms with Crippen molar-refractivity contribution in [1.82, 2.24) is 14.8 Å². The molecular formula is C20H25N3O. The molecule has 4 heteroatoms. The van der Waals surface area contributed by atoms with E-state index in [1.54, 1.807) is 0 Å². The highest BCUT2D eigenvalue weighted by Gasteiger charge is 2.42. The summed E-state index contributed by atoms with van der Waals surface area (Å²) in [7, 11) is 0. The summed E-state index contributed by atoms with van der Waals surface area (Å²) >= 11 is 0. The molecule has 2 saturated heterocycles. The van der Waals surface area contributed by atoms with E-state index in [-0.39, 0.29) is 0 Å². The molecule has 24 heavy (non-hydrogen) atoms. The summed E-state index contributed by atoms with van der Waals surface area (Å²) in [6, 6.07) is 14.0. The summed E-state index contributed by atoms with van der Waals surface area (Å²) in [6.45, 7) is 6.23. The molecular weight excluding hydrogens is 298 g/mol. The van der Waals surface area contributed by atoms with Crippen molar-refractivity contribution in [3.63, 3.8) is 0 Å². The van der Waals surface area contributed by atoms with Crippen LogP contribution in [0.2, 0.25) is 0 Å². The first-order chi connectivity index (χ1) is 11.9. The molecule has 1 saturated carbocycles. The van der Waals surface area contributed by atoms with Gasteiger partial charge in [-0.3, -0.25) is 14.8 Å². The number of hydrogen-bond acceptors (Lipinski definition) is 4. The monoisotopic (exact) mass is 323 g/mol. The molecule has 1 aromatic carbocycles. The van der Waals surface area contributed by atoms with Crippen molar-refractivity contribution in [1.29, 1.82) is 0 Å². The Morgan fingerprint density at radius 1 is 1.04 bits per heavy atom. The van der Waals surface area contributed by atoms with Crippen LogP contribution in [0.25, 0.3) is 10.9 Å². The summed E-state index contributed by atoms with van der Waals surface area (Å²) in [5.74, 6) is 0.904. The minimum absolute atomic E-state index is 0.568. The Morgan fingerprint density at radius 2 is 1.96 bits per heavy atom. The van der Waals surface area contributed by atoms with Crippen molar-refractivity contribution >= 4 is 10.9 Å². The number of fused-ring (bicyclic) bond motifs is 2. The van der Waals surface area contributed by atoms with E-state index in [0.717, 1.165) is 44.3 Å². The zero-order valence-corrected chi connectivity index (χ0v) is 14.1. The molecule has 2 aromatic rings. The Morgan fingerprint density at radius 3 is 2.88 bits per heavy atom. The Labute approximate surface area is 143 Å². The van der Waals surface area contributed by atoms with Crippen LogP contribution < -0.4 is 0 Å². The Hall–Kier alpha value is -1.49. The number of aromatic nitrogens is 1. The average Bonchev–Trinajstić information content (AvgIpc) is 3.46. The minimum Gasteiger partial charge on any atom is -0.378 e. The molecule has 1 aliphatic carbocycles. The standard InChI is InChI=1S/C20H25N3O/c1-2-4-19-15(3-1)7-8-17(21-19)11-22-9-10-23-18(12-22)13-24-14-20(23)16-5-6-16/h1-4,7-8,16,18,20H,5-6,9-14H2/t18-,20-/m1/s1. The predicted molar refractivity (Wildman–Crippen MR) is 94.8 cm³/mol. The van der Waals surface area contributed by atoms with E-state index in [1.165, 1.54) is 30.5 Å². The normalized spacial score (nSPS) is 28.8. The van der Waals surface area contributed by atoms with Crippen molar-refractivity contribution < 1.29 is 4.74 Å². The molecule has 3 heterocycles. The third kappa shape index (κ3) is 2.83. The van der Waals surface area contributed by atoms with Crippen LogP contribution in [0.4, 0.5) is 0 Å². The van der Waals surface area contributed by atoms with Crippen molar-refractivity contribution in [2.45, 2.75) is 31.5 Å². The van der Waals surface area contributed by atoms with Crippen LogP contribution in [-0.4, -0.2) is 59.7 Å². The lowest BCUT2D eigenvalue weighted by molar-refractivity contribution is -0.0881. The van der Waals surface area contributed by atoms with Crippen LogP contribution in [0.1, 0.15) is 18.5 Å². The minimum atomic E-state index is 0.568. The zero-order chi connectivity index (χ0) is 15.9. The second kappa shape index (κ2) is 6.10.